The molecule has 0 bridgehead atoms. The lowest BCUT2D eigenvalue weighted by Crippen LogP contribution is -2.35. The number of hydrogen-bond acceptors (Lipinski definition) is 4. The molecule has 0 spiro atoms. The average molecular weight is 170 g/mol. The highest BCUT2D eigenvalue weighted by atomic mass is 32.1. The first-order valence-electron chi connectivity index (χ1n) is 3.53. The van der Waals surface area contributed by atoms with E-state index in [-0.39, 0.29) is 0 Å². The second kappa shape index (κ2) is 2.81. The van der Waals surface area contributed by atoms with Crippen LogP contribution in [0, 0.1) is 0 Å². The summed E-state index contributed by atoms with van der Waals surface area (Å²) in [6.07, 6.45) is 1.12. The van der Waals surface area contributed by atoms with E-state index in [9.17, 15) is 0 Å². The summed E-state index contributed by atoms with van der Waals surface area (Å²) in [5.74, 6) is 0. The minimum Gasteiger partial charge on any atom is -0.285 e. The molecule has 0 atom stereocenters. The molecule has 0 radical (unpaired) electrons. The van der Waals surface area contributed by atoms with Crippen molar-refractivity contribution >= 4 is 17.0 Å². The van der Waals surface area contributed by atoms with Crippen LogP contribution in [0.15, 0.2) is 10.8 Å². The van der Waals surface area contributed by atoms with Crippen molar-refractivity contribution in [2.24, 2.45) is 0 Å². The molecule has 1 aromatic rings. The number of anilines is 1. The molecule has 1 aliphatic rings. The molecule has 0 aliphatic carbocycles. The Hall–Kier alpha value is -0.580. The number of hydrogen-bond donors (Lipinski definition) is 1. The normalized spacial score (nSPS) is 15.5. The fourth-order valence-corrected chi connectivity index (χ4v) is 2.18. The highest BCUT2D eigenvalue weighted by Gasteiger charge is 2.18. The molecule has 2 heterocycles. The van der Waals surface area contributed by atoms with Gasteiger partial charge in [-0.15, -0.1) is 16.9 Å². The largest absolute Gasteiger partial charge is 0.285 e. The van der Waals surface area contributed by atoms with Crippen LogP contribution in [0.3, 0.4) is 0 Å². The highest BCUT2D eigenvalue weighted by molar-refractivity contribution is 7.08. The Balaban J connectivity index is 2.18. The number of thiophene rings is 1. The maximum Gasteiger partial charge on any atom is 0.0681 e. The van der Waals surface area contributed by atoms with Gasteiger partial charge < -0.3 is 0 Å². The van der Waals surface area contributed by atoms with E-state index in [1.807, 2.05) is 5.01 Å². The molecule has 4 heteroatoms. The van der Waals surface area contributed by atoms with Crippen LogP contribution in [-0.4, -0.2) is 13.7 Å². The number of nitrogens with zero attached hydrogens (tertiary/aromatic N) is 1. The van der Waals surface area contributed by atoms with Gasteiger partial charge in [0.05, 0.1) is 12.8 Å². The maximum atomic E-state index is 4.83. The van der Waals surface area contributed by atoms with Crippen LogP contribution in [-0.2, 0) is 11.3 Å². The van der Waals surface area contributed by atoms with Crippen molar-refractivity contribution in [3.63, 3.8) is 0 Å². The first-order chi connectivity index (χ1) is 5.42. The highest BCUT2D eigenvalue weighted by Crippen LogP contribution is 2.29. The third-order valence-corrected chi connectivity index (χ3v) is 2.60. The standard InChI is InChI=1S/C7H10N2OS/c1-10-8-9-3-2-6-4-11-5-7(6)9/h4-5,8H,2-3H2,1H3. The summed E-state index contributed by atoms with van der Waals surface area (Å²) < 4.78 is 0. The molecule has 0 saturated carbocycles. The quantitative estimate of drug-likeness (QED) is 0.674. The predicted octanol–water partition coefficient (Wildman–Crippen LogP) is 1.18. The van der Waals surface area contributed by atoms with Gasteiger partial charge in [-0.25, -0.2) is 0 Å². The van der Waals surface area contributed by atoms with Gasteiger partial charge in [0.1, 0.15) is 0 Å². The molecular weight excluding hydrogens is 160 g/mol. The molecule has 2 rings (SSSR count). The topological polar surface area (TPSA) is 24.5 Å². The van der Waals surface area contributed by atoms with Gasteiger partial charge in [0.15, 0.2) is 0 Å². The molecule has 60 valence electrons. The lowest BCUT2D eigenvalue weighted by molar-refractivity contribution is 0.0843. The van der Waals surface area contributed by atoms with E-state index in [0.29, 0.717) is 0 Å². The minimum atomic E-state index is 1.01. The summed E-state index contributed by atoms with van der Waals surface area (Å²) >= 11 is 1.73. The van der Waals surface area contributed by atoms with Crippen molar-refractivity contribution in [2.45, 2.75) is 6.42 Å². The molecule has 0 unspecified atom stereocenters. The van der Waals surface area contributed by atoms with E-state index in [1.165, 1.54) is 11.3 Å². The number of hydrazine groups is 1. The zero-order valence-corrected chi connectivity index (χ0v) is 7.15. The van der Waals surface area contributed by atoms with Gasteiger partial charge >= 0.3 is 0 Å². The van der Waals surface area contributed by atoms with Crippen LogP contribution in [0.2, 0.25) is 0 Å². The van der Waals surface area contributed by atoms with Crippen molar-refractivity contribution in [1.82, 2.24) is 5.59 Å². The third kappa shape index (κ3) is 1.13. The summed E-state index contributed by atoms with van der Waals surface area (Å²) in [6, 6.07) is 0. The van der Waals surface area contributed by atoms with Crippen LogP contribution >= 0.6 is 11.3 Å². The van der Waals surface area contributed by atoms with Gasteiger partial charge in [-0.2, -0.15) is 0 Å². The molecule has 1 N–H and O–H groups in total. The second-order valence-electron chi connectivity index (χ2n) is 2.48. The zero-order chi connectivity index (χ0) is 7.68. The van der Waals surface area contributed by atoms with Crippen molar-refractivity contribution in [3.05, 3.63) is 16.3 Å². The monoisotopic (exact) mass is 170 g/mol. The maximum absolute atomic E-state index is 4.83. The van der Waals surface area contributed by atoms with Crippen LogP contribution < -0.4 is 10.6 Å². The summed E-state index contributed by atoms with van der Waals surface area (Å²) in [4.78, 5) is 4.83. The zero-order valence-electron chi connectivity index (χ0n) is 6.33. The first-order valence-corrected chi connectivity index (χ1v) is 4.47. The van der Waals surface area contributed by atoms with Gasteiger partial charge in [-0.1, -0.05) is 0 Å². The Labute approximate surface area is 69.5 Å². The van der Waals surface area contributed by atoms with E-state index in [0.717, 1.165) is 13.0 Å². The molecule has 0 fully saturated rings. The number of rotatable bonds is 2. The van der Waals surface area contributed by atoms with Gasteiger partial charge in [0.25, 0.3) is 0 Å². The Morgan fingerprint density at radius 1 is 1.64 bits per heavy atom. The van der Waals surface area contributed by atoms with Crippen molar-refractivity contribution in [3.8, 4) is 0 Å². The van der Waals surface area contributed by atoms with Gasteiger partial charge in [0.2, 0.25) is 0 Å². The molecule has 1 aromatic heterocycles. The fourth-order valence-electron chi connectivity index (χ4n) is 1.30. The first kappa shape index (κ1) is 7.09. The van der Waals surface area contributed by atoms with E-state index < -0.39 is 0 Å². The molecule has 11 heavy (non-hydrogen) atoms. The molecule has 1 aliphatic heterocycles. The smallest absolute Gasteiger partial charge is 0.0681 e. The van der Waals surface area contributed by atoms with Crippen LogP contribution in [0.5, 0.6) is 0 Å². The fraction of sp³-hybridized carbons (Fsp3) is 0.429. The Kier molecular flexibility index (Phi) is 1.81. The molecule has 0 amide bonds. The van der Waals surface area contributed by atoms with Gasteiger partial charge in [0, 0.05) is 11.9 Å². The average Bonchev–Trinajstić information content (AvgIpc) is 2.53. The molecular formula is C7H10N2OS. The van der Waals surface area contributed by atoms with Crippen molar-refractivity contribution in [1.29, 1.82) is 0 Å². The Morgan fingerprint density at radius 3 is 3.36 bits per heavy atom. The van der Waals surface area contributed by atoms with Gasteiger partial charge in [-0.05, 0) is 17.4 Å². The molecule has 3 nitrogen and oxygen atoms in total. The SMILES string of the molecule is CONN1CCc2cscc21. The minimum absolute atomic E-state index is 1.01. The summed E-state index contributed by atoms with van der Waals surface area (Å²) in [5.41, 5.74) is 5.50. The summed E-state index contributed by atoms with van der Waals surface area (Å²) in [6.45, 7) is 1.01. The number of fused-ring (bicyclic) bond motifs is 1. The van der Waals surface area contributed by atoms with Crippen molar-refractivity contribution in [2.75, 3.05) is 18.7 Å². The summed E-state index contributed by atoms with van der Waals surface area (Å²) in [5, 5.41) is 6.34. The lowest BCUT2D eigenvalue weighted by atomic mass is 10.3. The molecule has 0 aromatic carbocycles. The number of nitrogens with one attached hydrogen (secondary N) is 1. The lowest BCUT2D eigenvalue weighted by Gasteiger charge is -2.16. The van der Waals surface area contributed by atoms with Crippen molar-refractivity contribution < 1.29 is 4.84 Å². The predicted molar refractivity (Wildman–Crippen MR) is 45.5 cm³/mol. The van der Waals surface area contributed by atoms with Crippen LogP contribution in [0.25, 0.3) is 0 Å². The Morgan fingerprint density at radius 2 is 2.55 bits per heavy atom. The van der Waals surface area contributed by atoms with Gasteiger partial charge in [-0.3, -0.25) is 9.85 Å². The molecule has 0 saturated heterocycles. The second-order valence-corrected chi connectivity index (χ2v) is 3.22. The Bertz CT molecular complexity index is 248. The van der Waals surface area contributed by atoms with E-state index in [4.69, 9.17) is 4.84 Å². The third-order valence-electron chi connectivity index (χ3n) is 1.82. The van der Waals surface area contributed by atoms with Crippen LogP contribution in [0.4, 0.5) is 5.69 Å². The summed E-state index contributed by atoms with van der Waals surface area (Å²) in [7, 11) is 1.63. The van der Waals surface area contributed by atoms with Crippen LogP contribution in [0.1, 0.15) is 5.56 Å². The van der Waals surface area contributed by atoms with E-state index in [1.54, 1.807) is 18.4 Å². The van der Waals surface area contributed by atoms with E-state index in [2.05, 4.69) is 16.3 Å². The van der Waals surface area contributed by atoms with E-state index >= 15 is 0 Å².